The average molecular weight is 543 g/mol. The third-order valence-electron chi connectivity index (χ3n) is 12.3. The molecule has 37 heavy (non-hydrogen) atoms. The van der Waals surface area contributed by atoms with E-state index in [1.54, 1.807) is 16.7 Å². The Morgan fingerprint density at radius 3 is 2.03 bits per heavy atom. The van der Waals surface area contributed by atoms with Gasteiger partial charge >= 0.3 is 0 Å². The summed E-state index contributed by atoms with van der Waals surface area (Å²) < 4.78 is 14.6. The smallest absolute Gasteiger partial charge is 0.192 e. The highest BCUT2D eigenvalue weighted by Gasteiger charge is 2.59. The Balaban J connectivity index is 1.75. The van der Waals surface area contributed by atoms with Crippen molar-refractivity contribution in [1.29, 1.82) is 0 Å². The molecular weight excluding hydrogens is 485 g/mol. The van der Waals surface area contributed by atoms with E-state index < -0.39 is 16.6 Å². The van der Waals surface area contributed by atoms with Crippen LogP contribution in [0.5, 0.6) is 0 Å². The number of fused-ring (bicyclic) bond motifs is 5. The van der Waals surface area contributed by atoms with Gasteiger partial charge in [0.25, 0.3) is 0 Å². The summed E-state index contributed by atoms with van der Waals surface area (Å²) in [6.07, 6.45) is 15.3. The van der Waals surface area contributed by atoms with Crippen LogP contribution in [0.25, 0.3) is 0 Å². The third kappa shape index (κ3) is 4.78. The Morgan fingerprint density at radius 1 is 0.865 bits per heavy atom. The molecule has 4 rings (SSSR count). The second-order valence-electron chi connectivity index (χ2n) is 16.4. The van der Waals surface area contributed by atoms with Crippen LogP contribution in [0.3, 0.4) is 0 Å². The fourth-order valence-electron chi connectivity index (χ4n) is 7.72. The molecule has 0 N–H and O–H groups in total. The molecule has 4 aliphatic carbocycles. The number of hydrogen-bond acceptors (Lipinski definition) is 2. The highest BCUT2D eigenvalue weighted by Crippen LogP contribution is 2.65. The normalized spacial score (nSPS) is 38.0. The molecule has 210 valence electrons. The lowest BCUT2D eigenvalue weighted by molar-refractivity contribution is -0.0381. The van der Waals surface area contributed by atoms with E-state index in [0.717, 1.165) is 12.8 Å². The zero-order valence-electron chi connectivity index (χ0n) is 26.6. The standard InChI is InChI=1S/C33H58O2Si2/c1-14-23-16-18-27-26-17-15-24-21-25(34-36(10,11)30(2,3)4)22-29(35-37(12,13)31(5,6)7)33(24,9)28(26)19-20-32(23,27)8/h14-15,17,25,27-29H,16,18-22H2,1-13H3/t25-,27+,28+,29+,32-,33+/m1/s1. The summed E-state index contributed by atoms with van der Waals surface area (Å²) in [5.74, 6) is 1.30. The molecule has 0 bridgehead atoms. The van der Waals surface area contributed by atoms with E-state index in [-0.39, 0.29) is 27.7 Å². The molecule has 3 fully saturated rings. The lowest BCUT2D eigenvalue weighted by atomic mass is 9.50. The largest absolute Gasteiger partial charge is 0.414 e. The van der Waals surface area contributed by atoms with Crippen LogP contribution >= 0.6 is 0 Å². The maximum Gasteiger partial charge on any atom is 0.192 e. The molecule has 6 atom stereocenters. The van der Waals surface area contributed by atoms with Gasteiger partial charge in [-0.05, 0) is 99.0 Å². The molecule has 2 nitrogen and oxygen atoms in total. The van der Waals surface area contributed by atoms with Gasteiger partial charge in [0, 0.05) is 5.41 Å². The average Bonchev–Trinajstić information content (AvgIpc) is 3.09. The van der Waals surface area contributed by atoms with Crippen molar-refractivity contribution in [2.75, 3.05) is 0 Å². The molecule has 0 heterocycles. The van der Waals surface area contributed by atoms with Crippen molar-refractivity contribution in [2.45, 2.75) is 149 Å². The Labute approximate surface area is 232 Å². The van der Waals surface area contributed by atoms with Crippen LogP contribution in [0.1, 0.15) is 101 Å². The monoisotopic (exact) mass is 542 g/mol. The summed E-state index contributed by atoms with van der Waals surface area (Å²) >= 11 is 0. The van der Waals surface area contributed by atoms with Crippen LogP contribution in [0.15, 0.2) is 34.9 Å². The molecule has 0 radical (unpaired) electrons. The summed E-state index contributed by atoms with van der Waals surface area (Å²) in [5.41, 5.74) is 5.49. The molecule has 0 unspecified atom stereocenters. The summed E-state index contributed by atoms with van der Waals surface area (Å²) in [7, 11) is -3.82. The minimum absolute atomic E-state index is 0.0763. The summed E-state index contributed by atoms with van der Waals surface area (Å²) in [5, 5.41) is 0.420. The molecule has 3 saturated carbocycles. The second kappa shape index (κ2) is 9.31. The Morgan fingerprint density at radius 2 is 1.46 bits per heavy atom. The van der Waals surface area contributed by atoms with Gasteiger partial charge in [0.15, 0.2) is 16.6 Å². The van der Waals surface area contributed by atoms with Crippen LogP contribution in [-0.4, -0.2) is 28.8 Å². The molecule has 0 aromatic rings. The first-order valence-corrected chi connectivity index (χ1v) is 21.0. The van der Waals surface area contributed by atoms with Crippen LogP contribution in [0.4, 0.5) is 0 Å². The first-order valence-electron chi connectivity index (χ1n) is 15.2. The Kier molecular flexibility index (Phi) is 7.44. The second-order valence-corrected chi connectivity index (χ2v) is 25.9. The molecule has 0 spiro atoms. The molecule has 4 heteroatoms. The van der Waals surface area contributed by atoms with Gasteiger partial charge in [0.1, 0.15) is 0 Å². The number of hydrogen-bond donors (Lipinski definition) is 0. The third-order valence-corrected chi connectivity index (χ3v) is 21.3. The van der Waals surface area contributed by atoms with Gasteiger partial charge in [-0.3, -0.25) is 0 Å². The Bertz CT molecular complexity index is 989. The van der Waals surface area contributed by atoms with Gasteiger partial charge in [0.05, 0.1) is 12.2 Å². The first kappa shape index (κ1) is 29.6. The Hall–Kier alpha value is -0.426. The highest BCUT2D eigenvalue weighted by atomic mass is 28.4. The van der Waals surface area contributed by atoms with Gasteiger partial charge < -0.3 is 8.85 Å². The van der Waals surface area contributed by atoms with Crippen LogP contribution < -0.4 is 0 Å². The van der Waals surface area contributed by atoms with Crippen LogP contribution in [0.2, 0.25) is 36.3 Å². The van der Waals surface area contributed by atoms with E-state index in [0.29, 0.717) is 17.3 Å². The van der Waals surface area contributed by atoms with Gasteiger partial charge in [-0.15, -0.1) is 0 Å². The fraction of sp³-hybridized carbons (Fsp3) is 0.818. The lowest BCUT2D eigenvalue weighted by Crippen LogP contribution is -2.58. The molecule has 0 aliphatic heterocycles. The topological polar surface area (TPSA) is 18.5 Å². The van der Waals surface area contributed by atoms with E-state index in [1.165, 1.54) is 25.7 Å². The van der Waals surface area contributed by atoms with E-state index in [4.69, 9.17) is 8.85 Å². The predicted octanol–water partition coefficient (Wildman–Crippen LogP) is 10.2. The zero-order valence-corrected chi connectivity index (χ0v) is 28.6. The summed E-state index contributed by atoms with van der Waals surface area (Å²) in [6.45, 7) is 31.4. The quantitative estimate of drug-likeness (QED) is 0.260. The van der Waals surface area contributed by atoms with Gasteiger partial charge in [-0.25, -0.2) is 0 Å². The van der Waals surface area contributed by atoms with Crippen LogP contribution in [-0.2, 0) is 8.85 Å². The van der Waals surface area contributed by atoms with Crippen molar-refractivity contribution in [3.8, 4) is 0 Å². The lowest BCUT2D eigenvalue weighted by Gasteiger charge is -2.59. The molecule has 0 amide bonds. The predicted molar refractivity (Wildman–Crippen MR) is 165 cm³/mol. The van der Waals surface area contributed by atoms with Crippen molar-refractivity contribution in [2.24, 2.45) is 22.7 Å². The van der Waals surface area contributed by atoms with Crippen molar-refractivity contribution in [3.63, 3.8) is 0 Å². The van der Waals surface area contributed by atoms with Gasteiger partial charge in [-0.1, -0.05) is 90.3 Å². The maximum atomic E-state index is 7.47. The maximum absolute atomic E-state index is 7.47. The number of rotatable bonds is 4. The fourth-order valence-corrected chi connectivity index (χ4v) is 10.5. The van der Waals surface area contributed by atoms with Gasteiger partial charge in [-0.2, -0.15) is 0 Å². The number of allylic oxidation sites excluding steroid dienone is 5. The molecule has 0 saturated heterocycles. The minimum atomic E-state index is -1.96. The van der Waals surface area contributed by atoms with E-state index >= 15 is 0 Å². The SMILES string of the molecule is CC=C1CC[C@H]2C3=CC=C4C[C@@H](O[Si](C)(C)C(C)(C)C)C[C@H](O[Si](C)(C)C(C)(C)C)[C@]4(C)[C@H]3CC[C@]12C. The van der Waals surface area contributed by atoms with Crippen molar-refractivity contribution in [3.05, 3.63) is 34.9 Å². The summed E-state index contributed by atoms with van der Waals surface area (Å²) in [6, 6.07) is 0. The molecule has 0 aromatic carbocycles. The molecular formula is C33H58O2Si2. The first-order chi connectivity index (χ1) is 16.8. The van der Waals surface area contributed by atoms with E-state index in [2.05, 4.69) is 107 Å². The zero-order chi connectivity index (χ0) is 27.8. The van der Waals surface area contributed by atoms with Crippen LogP contribution in [0, 0.1) is 22.7 Å². The van der Waals surface area contributed by atoms with E-state index in [9.17, 15) is 0 Å². The highest BCUT2D eigenvalue weighted by molar-refractivity contribution is 6.74. The van der Waals surface area contributed by atoms with Crippen molar-refractivity contribution < 1.29 is 8.85 Å². The minimum Gasteiger partial charge on any atom is -0.414 e. The summed E-state index contributed by atoms with van der Waals surface area (Å²) in [4.78, 5) is 0. The van der Waals surface area contributed by atoms with E-state index in [1.807, 2.05) is 0 Å². The molecule has 4 aliphatic rings. The van der Waals surface area contributed by atoms with Gasteiger partial charge in [0.2, 0.25) is 0 Å². The van der Waals surface area contributed by atoms with Crippen molar-refractivity contribution in [1.82, 2.24) is 0 Å². The molecule has 0 aromatic heterocycles. The van der Waals surface area contributed by atoms with Crippen molar-refractivity contribution >= 4 is 16.6 Å².